The Morgan fingerprint density at radius 1 is 1.21 bits per heavy atom. The summed E-state index contributed by atoms with van der Waals surface area (Å²) >= 11 is 0. The Hall–Kier alpha value is -3.72. The Morgan fingerprint density at radius 2 is 1.93 bits per heavy atom. The van der Waals surface area contributed by atoms with Crippen molar-refractivity contribution in [1.29, 1.82) is 5.26 Å². The predicted molar refractivity (Wildman–Crippen MR) is 108 cm³/mol. The van der Waals surface area contributed by atoms with Crippen molar-refractivity contribution in [3.63, 3.8) is 0 Å². The van der Waals surface area contributed by atoms with Gasteiger partial charge in [-0.15, -0.1) is 0 Å². The van der Waals surface area contributed by atoms with Crippen molar-refractivity contribution in [3.8, 4) is 22.9 Å². The minimum absolute atomic E-state index is 0.0000734. The molecule has 0 bridgehead atoms. The van der Waals surface area contributed by atoms with Gasteiger partial charge in [-0.1, -0.05) is 36.4 Å². The van der Waals surface area contributed by atoms with Gasteiger partial charge in [-0.2, -0.15) is 5.26 Å². The number of benzene rings is 2. The van der Waals surface area contributed by atoms with Crippen LogP contribution in [0.5, 0.6) is 5.75 Å². The smallest absolute Gasteiger partial charge is 0.338 e. The number of nitrogens with two attached hydrogens (primary N) is 1. The summed E-state index contributed by atoms with van der Waals surface area (Å²) in [5, 5.41) is 9.64. The normalized spacial score (nSPS) is 16.1. The molecule has 0 fully saturated rings. The maximum absolute atomic E-state index is 12.6. The summed E-state index contributed by atoms with van der Waals surface area (Å²) in [5.74, 6) is -0.0670. The van der Waals surface area contributed by atoms with Crippen molar-refractivity contribution in [1.82, 2.24) is 0 Å². The molecule has 6 nitrogen and oxygen atoms in total. The first-order valence-electron chi connectivity index (χ1n) is 9.20. The van der Waals surface area contributed by atoms with E-state index in [1.807, 2.05) is 48.5 Å². The number of nitrogens with zero attached hydrogens (tertiary/aromatic N) is 1. The second kappa shape index (κ2) is 8.53. The van der Waals surface area contributed by atoms with E-state index in [9.17, 15) is 10.1 Å². The fourth-order valence-electron chi connectivity index (χ4n) is 3.36. The third-order valence-electron chi connectivity index (χ3n) is 4.75. The SMILES string of the molecule is CCOC(=O)C1=C(C)OC(N)=C(C#N)C1c1ccc(-c2cccc(OC)c2)cc1. The lowest BCUT2D eigenvalue weighted by Crippen LogP contribution is -2.25. The van der Waals surface area contributed by atoms with Gasteiger partial charge in [0.15, 0.2) is 0 Å². The van der Waals surface area contributed by atoms with E-state index in [2.05, 4.69) is 6.07 Å². The molecule has 0 amide bonds. The molecule has 0 aromatic heterocycles. The van der Waals surface area contributed by atoms with Crippen molar-refractivity contribution in [2.75, 3.05) is 13.7 Å². The Bertz CT molecular complexity index is 1030. The first-order chi connectivity index (χ1) is 14.0. The van der Waals surface area contributed by atoms with E-state index in [1.165, 1.54) is 0 Å². The maximum atomic E-state index is 12.6. The van der Waals surface area contributed by atoms with Crippen molar-refractivity contribution >= 4 is 5.97 Å². The molecule has 3 rings (SSSR count). The van der Waals surface area contributed by atoms with Gasteiger partial charge < -0.3 is 19.9 Å². The molecule has 2 aromatic carbocycles. The summed E-state index contributed by atoms with van der Waals surface area (Å²) in [7, 11) is 1.62. The van der Waals surface area contributed by atoms with Crippen LogP contribution in [-0.2, 0) is 14.3 Å². The average molecular weight is 390 g/mol. The molecule has 0 saturated carbocycles. The van der Waals surface area contributed by atoms with E-state index in [1.54, 1.807) is 21.0 Å². The minimum atomic E-state index is -0.646. The highest BCUT2D eigenvalue weighted by Gasteiger charge is 2.36. The molecule has 2 aromatic rings. The number of nitriles is 1. The molecular formula is C23H22N2O4. The van der Waals surface area contributed by atoms with Crippen LogP contribution < -0.4 is 10.5 Å². The number of ether oxygens (including phenoxy) is 3. The number of rotatable bonds is 5. The van der Waals surface area contributed by atoms with Gasteiger partial charge in [0, 0.05) is 0 Å². The zero-order chi connectivity index (χ0) is 21.0. The monoisotopic (exact) mass is 390 g/mol. The van der Waals surface area contributed by atoms with Crippen molar-refractivity contribution in [3.05, 3.63) is 76.9 Å². The average Bonchev–Trinajstić information content (AvgIpc) is 2.73. The van der Waals surface area contributed by atoms with Gasteiger partial charge in [0.2, 0.25) is 5.88 Å². The van der Waals surface area contributed by atoms with Crippen LogP contribution in [0.3, 0.4) is 0 Å². The minimum Gasteiger partial charge on any atom is -0.497 e. The van der Waals surface area contributed by atoms with Crippen LogP contribution in [-0.4, -0.2) is 19.7 Å². The standard InChI is InChI=1S/C23H22N2O4/c1-4-28-23(26)20-14(2)29-22(25)19(13-24)21(20)16-10-8-15(9-11-16)17-6-5-7-18(12-17)27-3/h5-12,21H,4,25H2,1-3H3. The highest BCUT2D eigenvalue weighted by molar-refractivity contribution is 5.92. The summed E-state index contributed by atoms with van der Waals surface area (Å²) in [6.07, 6.45) is 0. The van der Waals surface area contributed by atoms with Gasteiger partial charge in [-0.05, 0) is 42.7 Å². The number of allylic oxidation sites excluding steroid dienone is 2. The molecule has 148 valence electrons. The van der Waals surface area contributed by atoms with E-state index >= 15 is 0 Å². The Labute approximate surface area is 169 Å². The number of esters is 1. The number of methoxy groups -OCH3 is 1. The van der Waals surface area contributed by atoms with Gasteiger partial charge in [0.25, 0.3) is 0 Å². The van der Waals surface area contributed by atoms with Crippen LogP contribution >= 0.6 is 0 Å². The van der Waals surface area contributed by atoms with Crippen LogP contribution in [0.4, 0.5) is 0 Å². The molecule has 29 heavy (non-hydrogen) atoms. The number of hydrogen-bond donors (Lipinski definition) is 1. The third kappa shape index (κ3) is 3.94. The lowest BCUT2D eigenvalue weighted by atomic mass is 9.82. The Morgan fingerprint density at radius 3 is 2.55 bits per heavy atom. The molecule has 1 unspecified atom stereocenters. The van der Waals surface area contributed by atoms with Gasteiger partial charge in [0.05, 0.1) is 25.2 Å². The number of carbonyl (C=O) groups excluding carboxylic acids is 1. The fraction of sp³-hybridized carbons (Fsp3) is 0.217. The van der Waals surface area contributed by atoms with Gasteiger partial charge in [-0.3, -0.25) is 0 Å². The second-order valence-electron chi connectivity index (χ2n) is 6.47. The number of hydrogen-bond acceptors (Lipinski definition) is 6. The van der Waals surface area contributed by atoms with Crippen LogP contribution in [0.25, 0.3) is 11.1 Å². The predicted octanol–water partition coefficient (Wildman–Crippen LogP) is 4.01. The molecule has 2 N–H and O–H groups in total. The van der Waals surface area contributed by atoms with Crippen LogP contribution in [0.15, 0.2) is 71.3 Å². The first kappa shape index (κ1) is 20.0. The molecule has 0 saturated heterocycles. The fourth-order valence-corrected chi connectivity index (χ4v) is 3.36. The highest BCUT2D eigenvalue weighted by Crippen LogP contribution is 2.40. The van der Waals surface area contributed by atoms with E-state index in [4.69, 9.17) is 19.9 Å². The summed E-state index contributed by atoms with van der Waals surface area (Å²) in [4.78, 5) is 12.6. The Kier molecular flexibility index (Phi) is 5.89. The molecule has 1 atom stereocenters. The number of carbonyl (C=O) groups is 1. The zero-order valence-corrected chi connectivity index (χ0v) is 16.6. The first-order valence-corrected chi connectivity index (χ1v) is 9.20. The molecule has 0 spiro atoms. The van der Waals surface area contributed by atoms with Gasteiger partial charge in [-0.25, -0.2) is 4.79 Å². The van der Waals surface area contributed by atoms with E-state index in [0.29, 0.717) is 5.76 Å². The molecular weight excluding hydrogens is 368 g/mol. The van der Waals surface area contributed by atoms with E-state index < -0.39 is 11.9 Å². The summed E-state index contributed by atoms with van der Waals surface area (Å²) in [5.41, 5.74) is 9.13. The molecule has 1 heterocycles. The highest BCUT2D eigenvalue weighted by atomic mass is 16.5. The third-order valence-corrected chi connectivity index (χ3v) is 4.75. The van der Waals surface area contributed by atoms with Gasteiger partial charge in [0.1, 0.15) is 23.2 Å². The quantitative estimate of drug-likeness (QED) is 0.775. The summed E-state index contributed by atoms with van der Waals surface area (Å²) in [6, 6.07) is 17.4. The molecule has 0 aliphatic carbocycles. The zero-order valence-electron chi connectivity index (χ0n) is 16.6. The van der Waals surface area contributed by atoms with Crippen LogP contribution in [0.1, 0.15) is 25.3 Å². The van der Waals surface area contributed by atoms with E-state index in [-0.39, 0.29) is 23.6 Å². The summed E-state index contributed by atoms with van der Waals surface area (Å²) in [6.45, 7) is 3.59. The lowest BCUT2D eigenvalue weighted by molar-refractivity contribution is -0.139. The van der Waals surface area contributed by atoms with Crippen molar-refractivity contribution in [2.24, 2.45) is 5.73 Å². The Balaban J connectivity index is 2.04. The molecule has 1 aliphatic heterocycles. The van der Waals surface area contributed by atoms with Gasteiger partial charge >= 0.3 is 5.97 Å². The van der Waals surface area contributed by atoms with Crippen LogP contribution in [0, 0.1) is 11.3 Å². The molecule has 6 heteroatoms. The van der Waals surface area contributed by atoms with Crippen molar-refractivity contribution < 1.29 is 19.0 Å². The molecule has 0 radical (unpaired) electrons. The maximum Gasteiger partial charge on any atom is 0.338 e. The van der Waals surface area contributed by atoms with Crippen molar-refractivity contribution in [2.45, 2.75) is 19.8 Å². The topological polar surface area (TPSA) is 94.6 Å². The van der Waals surface area contributed by atoms with E-state index in [0.717, 1.165) is 22.4 Å². The summed E-state index contributed by atoms with van der Waals surface area (Å²) < 4.78 is 15.9. The molecule has 1 aliphatic rings. The second-order valence-corrected chi connectivity index (χ2v) is 6.47. The lowest BCUT2D eigenvalue weighted by Gasteiger charge is -2.27. The van der Waals surface area contributed by atoms with Crippen LogP contribution in [0.2, 0.25) is 0 Å². The largest absolute Gasteiger partial charge is 0.497 e.